The van der Waals surface area contributed by atoms with Gasteiger partial charge in [-0.3, -0.25) is 9.91 Å². The molecule has 264 valence electrons. The average Bonchev–Trinajstić information content (AvgIpc) is 3.76. The van der Waals surface area contributed by atoms with Crippen LogP contribution in [0.15, 0.2) is 53.6 Å². The number of sulfonamides is 1. The van der Waals surface area contributed by atoms with Crippen molar-refractivity contribution in [2.45, 2.75) is 88.7 Å². The van der Waals surface area contributed by atoms with Gasteiger partial charge in [-0.1, -0.05) is 12.1 Å². The minimum absolute atomic E-state index is 0.0645. The number of amides is 2. The summed E-state index contributed by atoms with van der Waals surface area (Å²) in [5.74, 6) is 4.86. The van der Waals surface area contributed by atoms with Crippen LogP contribution in [0.1, 0.15) is 71.1 Å². The lowest BCUT2D eigenvalue weighted by molar-refractivity contribution is -0.144. The fraction of sp³-hybridized carbons (Fsp3) is 0.452. The van der Waals surface area contributed by atoms with Gasteiger partial charge in [0.1, 0.15) is 11.2 Å². The number of nitrogens with zero attached hydrogens (tertiary/aromatic N) is 3. The smallest absolute Gasteiger partial charge is 0.424 e. The molecule has 0 saturated heterocycles. The molecule has 1 fully saturated rings. The van der Waals surface area contributed by atoms with E-state index in [9.17, 15) is 41.1 Å². The maximum atomic E-state index is 13.6. The van der Waals surface area contributed by atoms with Crippen LogP contribution in [0.4, 0.5) is 28.4 Å². The second-order valence-electron chi connectivity index (χ2n) is 13.2. The summed E-state index contributed by atoms with van der Waals surface area (Å²) in [5, 5.41) is 10.6. The van der Waals surface area contributed by atoms with E-state index in [0.29, 0.717) is 4.31 Å². The second-order valence-corrected chi connectivity index (χ2v) is 15.2. The molecule has 13 nitrogen and oxygen atoms in total. The molecule has 0 aromatic heterocycles. The molecule has 0 spiro atoms. The average molecular weight is 700 g/mol. The van der Waals surface area contributed by atoms with Crippen LogP contribution in [-0.4, -0.2) is 64.8 Å². The Hall–Kier alpha value is -4.51. The number of ether oxygens (including phenoxy) is 2. The number of hydrazine groups is 1. The van der Waals surface area contributed by atoms with Gasteiger partial charge in [0, 0.05) is 18.8 Å². The molecule has 0 unspecified atom stereocenters. The molecule has 2 aromatic rings. The summed E-state index contributed by atoms with van der Waals surface area (Å²) in [5.41, 5.74) is 1.73. The summed E-state index contributed by atoms with van der Waals surface area (Å²) in [6, 6.07) is 7.35. The maximum absolute atomic E-state index is 13.6. The molecule has 1 aliphatic carbocycles. The summed E-state index contributed by atoms with van der Waals surface area (Å²) >= 11 is 0. The number of anilines is 1. The first-order valence-corrected chi connectivity index (χ1v) is 16.0. The molecule has 0 atom stereocenters. The number of carboxylic acid groups (broad SMARTS) is 1. The molecule has 2 aromatic carbocycles. The Bertz CT molecular complexity index is 1690. The van der Waals surface area contributed by atoms with E-state index >= 15 is 0 Å². The lowest BCUT2D eigenvalue weighted by atomic mass is 10.1. The summed E-state index contributed by atoms with van der Waals surface area (Å²) in [6.07, 6.45) is -5.29. The van der Waals surface area contributed by atoms with Gasteiger partial charge in [0.05, 0.1) is 28.4 Å². The third-order valence-electron chi connectivity index (χ3n) is 7.01. The minimum Gasteiger partial charge on any atom is -0.479 e. The Morgan fingerprint density at radius 3 is 1.92 bits per heavy atom. The van der Waals surface area contributed by atoms with Crippen LogP contribution in [-0.2, 0) is 37.0 Å². The van der Waals surface area contributed by atoms with Gasteiger partial charge >= 0.3 is 24.3 Å². The van der Waals surface area contributed by atoms with Crippen molar-refractivity contribution in [2.75, 3.05) is 11.9 Å². The number of carbonyl (C=O) groups is 3. The summed E-state index contributed by atoms with van der Waals surface area (Å²) in [6.45, 7) is 9.06. The van der Waals surface area contributed by atoms with Gasteiger partial charge in [-0.2, -0.15) is 13.2 Å². The molecule has 48 heavy (non-hydrogen) atoms. The van der Waals surface area contributed by atoms with E-state index in [0.717, 1.165) is 47.4 Å². The normalized spacial score (nSPS) is 14.9. The van der Waals surface area contributed by atoms with Gasteiger partial charge in [-0.25, -0.2) is 32.9 Å². The molecule has 0 bridgehead atoms. The van der Waals surface area contributed by atoms with Crippen molar-refractivity contribution < 1.29 is 50.6 Å². The lowest BCUT2D eigenvalue weighted by Gasteiger charge is -2.30. The van der Waals surface area contributed by atoms with Crippen LogP contribution in [0, 0.1) is 0 Å². The topological polar surface area (TPSA) is 186 Å². The first-order valence-electron chi connectivity index (χ1n) is 14.6. The Morgan fingerprint density at radius 2 is 1.46 bits per heavy atom. The van der Waals surface area contributed by atoms with Crippen molar-refractivity contribution in [1.82, 2.24) is 9.31 Å². The fourth-order valence-corrected chi connectivity index (χ4v) is 5.37. The van der Waals surface area contributed by atoms with E-state index < -0.39 is 61.6 Å². The van der Waals surface area contributed by atoms with Crippen LogP contribution in [0.25, 0.3) is 5.70 Å². The number of hydrogen-bond donors (Lipinski definition) is 3. The summed E-state index contributed by atoms with van der Waals surface area (Å²) in [7, 11) is -3.61. The van der Waals surface area contributed by atoms with Gasteiger partial charge in [-0.15, -0.1) is 0 Å². The van der Waals surface area contributed by atoms with E-state index in [4.69, 9.17) is 21.1 Å². The number of rotatable bonds is 9. The predicted molar refractivity (Wildman–Crippen MR) is 169 cm³/mol. The minimum atomic E-state index is -4.60. The molecule has 1 saturated carbocycles. The maximum Gasteiger partial charge on any atom is 0.424 e. The summed E-state index contributed by atoms with van der Waals surface area (Å²) < 4.78 is 78.0. The first-order chi connectivity index (χ1) is 21.8. The number of aliphatic carboxylic acids is 1. The monoisotopic (exact) mass is 699 g/mol. The van der Waals surface area contributed by atoms with Crippen LogP contribution < -0.4 is 16.5 Å². The molecular weight excluding hydrogens is 659 g/mol. The standard InChI is InChI=1S/C31H40F3N5O8S/c1-28(2,3)46-26(42)37(7)48(44,45)21-12-13-24(22(16-21)23(35)18-39(36)30(14-15-30)25(40)41)38(27(43)47-29(4,5)6)17-19-8-10-20(11-9-19)31(32,33)34/h8-13,16,18H,14-15,17,35-36H2,1-7H3,(H,40,41)/b23-18-. The zero-order valence-corrected chi connectivity index (χ0v) is 28.4. The van der Waals surface area contributed by atoms with Gasteiger partial charge in [0.25, 0.3) is 10.0 Å². The molecule has 0 heterocycles. The molecule has 2 amide bonds. The highest BCUT2D eigenvalue weighted by molar-refractivity contribution is 7.89. The lowest BCUT2D eigenvalue weighted by Crippen LogP contribution is -2.45. The SMILES string of the molecule is CN(C(=O)OC(C)(C)C)S(=O)(=O)c1ccc(N(Cc2ccc(C(F)(F)F)cc2)C(=O)OC(C)(C)C)c(/C(N)=C/N(N)C2(C(=O)O)CC2)c1. The van der Waals surface area contributed by atoms with Crippen LogP contribution in [0.2, 0.25) is 0 Å². The van der Waals surface area contributed by atoms with Crippen molar-refractivity contribution in [1.29, 1.82) is 0 Å². The molecule has 0 radical (unpaired) electrons. The molecule has 5 N–H and O–H groups in total. The molecular formula is C31H40F3N5O8S. The number of alkyl halides is 3. The number of hydrogen-bond acceptors (Lipinski definition) is 10. The fourth-order valence-electron chi connectivity index (χ4n) is 4.32. The Labute approximate surface area is 276 Å². The van der Waals surface area contributed by atoms with Crippen molar-refractivity contribution >= 4 is 39.6 Å². The van der Waals surface area contributed by atoms with Crippen LogP contribution in [0.3, 0.4) is 0 Å². The number of carbonyl (C=O) groups excluding carboxylic acids is 2. The number of halogens is 3. The van der Waals surface area contributed by atoms with Crippen molar-refractivity contribution in [3.63, 3.8) is 0 Å². The summed E-state index contributed by atoms with van der Waals surface area (Å²) in [4.78, 5) is 38.8. The molecule has 17 heteroatoms. The predicted octanol–water partition coefficient (Wildman–Crippen LogP) is 5.25. The van der Waals surface area contributed by atoms with Gasteiger partial charge in [0.15, 0.2) is 5.54 Å². The highest BCUT2D eigenvalue weighted by Gasteiger charge is 2.54. The van der Waals surface area contributed by atoms with Crippen LogP contribution in [0.5, 0.6) is 0 Å². The van der Waals surface area contributed by atoms with E-state index in [1.165, 1.54) is 18.2 Å². The third-order valence-corrected chi connectivity index (χ3v) is 8.73. The number of benzene rings is 2. The van der Waals surface area contributed by atoms with E-state index in [1.807, 2.05) is 0 Å². The van der Waals surface area contributed by atoms with Crippen molar-refractivity contribution in [2.24, 2.45) is 11.6 Å². The number of carboxylic acids is 1. The zero-order valence-electron chi connectivity index (χ0n) is 27.6. The Morgan fingerprint density at radius 1 is 0.938 bits per heavy atom. The molecule has 1 aliphatic rings. The Balaban J connectivity index is 2.23. The highest BCUT2D eigenvalue weighted by Crippen LogP contribution is 2.41. The molecule has 3 rings (SSSR count). The number of nitrogens with two attached hydrogens (primary N) is 2. The Kier molecular flexibility index (Phi) is 10.4. The zero-order chi connectivity index (χ0) is 36.6. The van der Waals surface area contributed by atoms with Crippen molar-refractivity contribution in [3.05, 3.63) is 65.4 Å². The van der Waals surface area contributed by atoms with Gasteiger partial charge < -0.3 is 20.3 Å². The third kappa shape index (κ3) is 8.89. The largest absolute Gasteiger partial charge is 0.479 e. The van der Waals surface area contributed by atoms with Gasteiger partial charge in [0.2, 0.25) is 0 Å². The first kappa shape index (κ1) is 37.9. The van der Waals surface area contributed by atoms with E-state index in [2.05, 4.69) is 0 Å². The van der Waals surface area contributed by atoms with Gasteiger partial charge in [-0.05, 0) is 90.3 Å². The van der Waals surface area contributed by atoms with E-state index in [-0.39, 0.29) is 41.9 Å². The van der Waals surface area contributed by atoms with Crippen molar-refractivity contribution in [3.8, 4) is 0 Å². The second kappa shape index (κ2) is 13.2. The molecule has 0 aliphatic heterocycles. The quantitative estimate of drug-likeness (QED) is 0.229. The highest BCUT2D eigenvalue weighted by atomic mass is 32.2. The van der Waals surface area contributed by atoms with Crippen LogP contribution >= 0.6 is 0 Å². The van der Waals surface area contributed by atoms with E-state index in [1.54, 1.807) is 41.5 Å².